The van der Waals surface area contributed by atoms with E-state index in [9.17, 15) is 18.5 Å². The van der Waals surface area contributed by atoms with Crippen LogP contribution in [0.25, 0.3) is 0 Å². The van der Waals surface area contributed by atoms with Gasteiger partial charge in [0.15, 0.2) is 0 Å². The normalized spacial score (nSPS) is 13.3. The molecule has 0 bridgehead atoms. The number of hydrogen-bond acceptors (Lipinski definition) is 5. The monoisotopic (exact) mass is 343 g/mol. The van der Waals surface area contributed by atoms with E-state index in [0.29, 0.717) is 18.8 Å². The van der Waals surface area contributed by atoms with E-state index in [0.717, 1.165) is 6.07 Å². The van der Waals surface area contributed by atoms with Gasteiger partial charge in [0.2, 0.25) is 10.0 Å². The molecule has 1 aromatic rings. The van der Waals surface area contributed by atoms with Crippen LogP contribution in [0.4, 0.5) is 11.4 Å². The van der Waals surface area contributed by atoms with Gasteiger partial charge in [-0.25, -0.2) is 8.42 Å². The fourth-order valence-corrected chi connectivity index (χ4v) is 3.55. The minimum Gasteiger partial charge on any atom is -0.377 e. The molecule has 1 rings (SSSR count). The second-order valence-corrected chi connectivity index (χ2v) is 7.64. The summed E-state index contributed by atoms with van der Waals surface area (Å²) in [6.45, 7) is 10.0. The van der Waals surface area contributed by atoms with Crippen molar-refractivity contribution >= 4 is 21.4 Å². The molecular weight excluding hydrogens is 318 g/mol. The number of anilines is 1. The van der Waals surface area contributed by atoms with Crippen LogP contribution in [0.2, 0.25) is 0 Å². The Bertz CT molecular complexity index is 655. The number of rotatable bonds is 8. The highest BCUT2D eigenvalue weighted by Crippen LogP contribution is 2.30. The van der Waals surface area contributed by atoms with Gasteiger partial charge >= 0.3 is 0 Å². The van der Waals surface area contributed by atoms with Crippen LogP contribution in [-0.4, -0.2) is 36.8 Å². The van der Waals surface area contributed by atoms with Crippen molar-refractivity contribution in [2.24, 2.45) is 5.92 Å². The second kappa shape index (κ2) is 7.74. The molecule has 0 amide bonds. The summed E-state index contributed by atoms with van der Waals surface area (Å²) < 4.78 is 26.3. The lowest BCUT2D eigenvalue weighted by Crippen LogP contribution is -2.30. The molecule has 0 aromatic heterocycles. The average molecular weight is 343 g/mol. The van der Waals surface area contributed by atoms with Gasteiger partial charge in [-0.3, -0.25) is 10.1 Å². The molecule has 0 aliphatic rings. The van der Waals surface area contributed by atoms with Crippen LogP contribution in [0.5, 0.6) is 0 Å². The number of nitro groups is 1. The molecule has 23 heavy (non-hydrogen) atoms. The summed E-state index contributed by atoms with van der Waals surface area (Å²) in [4.78, 5) is 10.7. The maximum Gasteiger partial charge on any atom is 0.293 e. The Morgan fingerprint density at radius 2 is 1.78 bits per heavy atom. The van der Waals surface area contributed by atoms with Gasteiger partial charge in [0.1, 0.15) is 5.69 Å². The summed E-state index contributed by atoms with van der Waals surface area (Å²) in [6, 6.07) is 4.03. The number of nitro benzene ring substituents is 1. The first-order chi connectivity index (χ1) is 10.6. The number of nitrogens with one attached hydrogen (secondary N) is 1. The van der Waals surface area contributed by atoms with Crippen molar-refractivity contribution in [1.82, 2.24) is 4.31 Å². The molecule has 130 valence electrons. The minimum atomic E-state index is -3.72. The Balaban J connectivity index is 3.31. The van der Waals surface area contributed by atoms with Crippen molar-refractivity contribution in [3.05, 3.63) is 28.3 Å². The van der Waals surface area contributed by atoms with E-state index in [-0.39, 0.29) is 22.5 Å². The van der Waals surface area contributed by atoms with E-state index < -0.39 is 14.9 Å². The zero-order valence-corrected chi connectivity index (χ0v) is 15.1. The summed E-state index contributed by atoms with van der Waals surface area (Å²) in [6.07, 6.45) is 0. The summed E-state index contributed by atoms with van der Waals surface area (Å²) in [5, 5.41) is 14.4. The fraction of sp³-hybridized carbons (Fsp3) is 0.600. The van der Waals surface area contributed by atoms with Crippen LogP contribution in [0.15, 0.2) is 23.1 Å². The first kappa shape index (κ1) is 19.4. The summed E-state index contributed by atoms with van der Waals surface area (Å²) in [5.74, 6) is 0.286. The van der Waals surface area contributed by atoms with E-state index in [1.54, 1.807) is 13.8 Å². The summed E-state index contributed by atoms with van der Waals surface area (Å²) >= 11 is 0. The Labute approximate surface area is 137 Å². The van der Waals surface area contributed by atoms with Gasteiger partial charge in [0.25, 0.3) is 5.69 Å². The third kappa shape index (κ3) is 4.42. The first-order valence-electron chi connectivity index (χ1n) is 7.70. The van der Waals surface area contributed by atoms with Crippen molar-refractivity contribution < 1.29 is 13.3 Å². The van der Waals surface area contributed by atoms with E-state index >= 15 is 0 Å². The fourth-order valence-electron chi connectivity index (χ4n) is 2.07. The average Bonchev–Trinajstić information content (AvgIpc) is 2.47. The van der Waals surface area contributed by atoms with Crippen LogP contribution in [0, 0.1) is 16.0 Å². The molecule has 7 nitrogen and oxygen atoms in total. The van der Waals surface area contributed by atoms with Crippen LogP contribution in [0.3, 0.4) is 0 Å². The standard InChI is InChI=1S/C15H25N3O4S/c1-6-17(7-2)23(21,22)13-8-9-14(15(10-13)18(19)20)16-12(5)11(3)4/h8-12,16H,6-7H2,1-5H3. The molecule has 0 saturated heterocycles. The highest BCUT2D eigenvalue weighted by atomic mass is 32.2. The van der Waals surface area contributed by atoms with Gasteiger partial charge in [-0.2, -0.15) is 4.31 Å². The van der Waals surface area contributed by atoms with Crippen LogP contribution in [0.1, 0.15) is 34.6 Å². The molecule has 8 heteroatoms. The molecule has 0 radical (unpaired) electrons. The van der Waals surface area contributed by atoms with E-state index in [1.807, 2.05) is 20.8 Å². The van der Waals surface area contributed by atoms with Gasteiger partial charge in [0.05, 0.1) is 9.82 Å². The van der Waals surface area contributed by atoms with Crippen molar-refractivity contribution in [1.29, 1.82) is 0 Å². The zero-order valence-electron chi connectivity index (χ0n) is 14.2. The molecule has 1 unspecified atom stereocenters. The van der Waals surface area contributed by atoms with Gasteiger partial charge in [0, 0.05) is 25.2 Å². The Morgan fingerprint density at radius 3 is 2.22 bits per heavy atom. The summed E-state index contributed by atoms with van der Waals surface area (Å²) in [7, 11) is -3.72. The van der Waals surface area contributed by atoms with Crippen LogP contribution in [-0.2, 0) is 10.0 Å². The topological polar surface area (TPSA) is 92.6 Å². The second-order valence-electron chi connectivity index (χ2n) is 5.70. The van der Waals surface area contributed by atoms with Gasteiger partial charge < -0.3 is 5.32 Å². The maximum absolute atomic E-state index is 12.5. The number of nitrogens with zero attached hydrogens (tertiary/aromatic N) is 2. The molecule has 0 aliphatic carbocycles. The number of benzene rings is 1. The molecule has 0 saturated carbocycles. The molecule has 1 N–H and O–H groups in total. The van der Waals surface area contributed by atoms with E-state index in [1.165, 1.54) is 16.4 Å². The van der Waals surface area contributed by atoms with Gasteiger partial charge in [-0.05, 0) is 25.0 Å². The quantitative estimate of drug-likeness (QED) is 0.578. The van der Waals surface area contributed by atoms with Gasteiger partial charge in [-0.15, -0.1) is 0 Å². The van der Waals surface area contributed by atoms with Crippen molar-refractivity contribution in [2.75, 3.05) is 18.4 Å². The molecule has 1 atom stereocenters. The largest absolute Gasteiger partial charge is 0.377 e. The third-order valence-electron chi connectivity index (χ3n) is 3.89. The molecular formula is C15H25N3O4S. The Kier molecular flexibility index (Phi) is 6.52. The number of hydrogen-bond donors (Lipinski definition) is 1. The lowest BCUT2D eigenvalue weighted by atomic mass is 10.1. The highest BCUT2D eigenvalue weighted by Gasteiger charge is 2.26. The maximum atomic E-state index is 12.5. The number of sulfonamides is 1. The minimum absolute atomic E-state index is 0.0268. The van der Waals surface area contributed by atoms with E-state index in [4.69, 9.17) is 0 Å². The molecule has 0 spiro atoms. The Morgan fingerprint density at radius 1 is 1.22 bits per heavy atom. The molecule has 0 aliphatic heterocycles. The van der Waals surface area contributed by atoms with Crippen molar-refractivity contribution in [3.63, 3.8) is 0 Å². The van der Waals surface area contributed by atoms with Crippen molar-refractivity contribution in [2.45, 2.75) is 45.6 Å². The van der Waals surface area contributed by atoms with Crippen LogP contribution >= 0.6 is 0 Å². The third-order valence-corrected chi connectivity index (χ3v) is 5.94. The lowest BCUT2D eigenvalue weighted by molar-refractivity contribution is -0.384. The van der Waals surface area contributed by atoms with E-state index in [2.05, 4.69) is 5.32 Å². The SMILES string of the molecule is CCN(CC)S(=O)(=O)c1ccc(NC(C)C(C)C)c([N+](=O)[O-])c1. The van der Waals surface area contributed by atoms with Crippen LogP contribution < -0.4 is 5.32 Å². The first-order valence-corrected chi connectivity index (χ1v) is 9.14. The molecule has 0 heterocycles. The predicted molar refractivity (Wildman–Crippen MR) is 91.1 cm³/mol. The Hall–Kier alpha value is -1.67. The zero-order chi connectivity index (χ0) is 17.8. The molecule has 1 aromatic carbocycles. The van der Waals surface area contributed by atoms with Crippen molar-refractivity contribution in [3.8, 4) is 0 Å². The highest BCUT2D eigenvalue weighted by molar-refractivity contribution is 7.89. The summed E-state index contributed by atoms with van der Waals surface area (Å²) in [5.41, 5.74) is 0.0976. The predicted octanol–water partition coefficient (Wildman–Crippen LogP) is 3.08. The lowest BCUT2D eigenvalue weighted by Gasteiger charge is -2.20. The molecule has 0 fully saturated rings. The van der Waals surface area contributed by atoms with Gasteiger partial charge in [-0.1, -0.05) is 27.7 Å². The smallest absolute Gasteiger partial charge is 0.293 e.